The number of alkyl halides is 1. The zero-order valence-corrected chi connectivity index (χ0v) is 11.5. The lowest BCUT2D eigenvalue weighted by atomic mass is 9.80. The molecule has 2 rings (SSSR count). The van der Waals surface area contributed by atoms with Gasteiger partial charge in [0, 0.05) is 18.1 Å². The van der Waals surface area contributed by atoms with Crippen molar-refractivity contribution in [1.82, 2.24) is 15.5 Å². The van der Waals surface area contributed by atoms with Crippen molar-refractivity contribution in [3.05, 3.63) is 17.5 Å². The van der Waals surface area contributed by atoms with E-state index in [1.807, 2.05) is 6.92 Å². The molecule has 1 aromatic heterocycles. The summed E-state index contributed by atoms with van der Waals surface area (Å²) < 4.78 is 0. The minimum atomic E-state index is -0.0415. The highest BCUT2D eigenvalue weighted by molar-refractivity contribution is 6.18. The summed E-state index contributed by atoms with van der Waals surface area (Å²) >= 11 is 5.99. The largest absolute Gasteiger partial charge is 0.352 e. The van der Waals surface area contributed by atoms with E-state index in [1.165, 1.54) is 25.7 Å². The number of halogens is 1. The number of aryl methyl sites for hydroxylation is 1. The molecule has 1 fully saturated rings. The Balaban J connectivity index is 1.87. The molecule has 0 radical (unpaired) electrons. The summed E-state index contributed by atoms with van der Waals surface area (Å²) in [6.07, 6.45) is 6.45. The summed E-state index contributed by atoms with van der Waals surface area (Å²) in [7, 11) is 0. The Morgan fingerprint density at radius 2 is 2.22 bits per heavy atom. The molecule has 2 N–H and O–H groups in total. The number of rotatable bonds is 4. The Morgan fingerprint density at radius 1 is 1.50 bits per heavy atom. The van der Waals surface area contributed by atoms with E-state index in [0.29, 0.717) is 23.3 Å². The van der Waals surface area contributed by atoms with E-state index in [4.69, 9.17) is 11.6 Å². The molecule has 0 bridgehead atoms. The highest BCUT2D eigenvalue weighted by Gasteiger charge is 2.25. The number of nitrogens with zero attached hydrogens (tertiary/aromatic N) is 1. The molecular formula is C13H20ClN3O. The van der Waals surface area contributed by atoms with Crippen LogP contribution < -0.4 is 5.32 Å². The van der Waals surface area contributed by atoms with E-state index in [2.05, 4.69) is 15.5 Å². The van der Waals surface area contributed by atoms with Gasteiger partial charge in [-0.15, -0.1) is 11.6 Å². The zero-order chi connectivity index (χ0) is 13.0. The Bertz CT molecular complexity index is 405. The fourth-order valence-corrected chi connectivity index (χ4v) is 3.06. The van der Waals surface area contributed by atoms with Crippen LogP contribution in [0, 0.1) is 18.8 Å². The third kappa shape index (κ3) is 3.05. The number of hydrogen-bond donors (Lipinski definition) is 2. The van der Waals surface area contributed by atoms with Crippen molar-refractivity contribution < 1.29 is 4.79 Å². The zero-order valence-electron chi connectivity index (χ0n) is 10.7. The maximum absolute atomic E-state index is 12.0. The van der Waals surface area contributed by atoms with Gasteiger partial charge in [-0.3, -0.25) is 9.89 Å². The first kappa shape index (κ1) is 13.4. The second kappa shape index (κ2) is 6.23. The lowest BCUT2D eigenvalue weighted by Crippen LogP contribution is -2.35. The number of carbonyl (C=O) groups excluding carboxylic acids is 1. The fourth-order valence-electron chi connectivity index (χ4n) is 2.65. The van der Waals surface area contributed by atoms with Crippen LogP contribution in [0.1, 0.15) is 41.7 Å². The molecule has 1 aliphatic rings. The SMILES string of the molecule is Cc1[nH]ncc1C(=O)NCC1CCCCC1CCl. The summed E-state index contributed by atoms with van der Waals surface area (Å²) in [6.45, 7) is 2.57. The summed E-state index contributed by atoms with van der Waals surface area (Å²) in [6, 6.07) is 0. The molecule has 2 unspecified atom stereocenters. The van der Waals surface area contributed by atoms with Crippen LogP contribution >= 0.6 is 11.6 Å². The number of H-pyrrole nitrogens is 1. The molecule has 1 aliphatic carbocycles. The molecule has 18 heavy (non-hydrogen) atoms. The number of carbonyl (C=O) groups is 1. The van der Waals surface area contributed by atoms with Gasteiger partial charge in [-0.1, -0.05) is 12.8 Å². The van der Waals surface area contributed by atoms with Gasteiger partial charge in [0.25, 0.3) is 5.91 Å². The highest BCUT2D eigenvalue weighted by atomic mass is 35.5. The standard InChI is InChI=1S/C13H20ClN3O/c1-9-12(8-16-17-9)13(18)15-7-11-5-3-2-4-10(11)6-14/h8,10-11H,2-7H2,1H3,(H,15,18)(H,16,17). The summed E-state index contributed by atoms with van der Waals surface area (Å²) in [5.74, 6) is 1.73. The van der Waals surface area contributed by atoms with Crippen molar-refractivity contribution in [3.63, 3.8) is 0 Å². The molecular weight excluding hydrogens is 250 g/mol. The van der Waals surface area contributed by atoms with E-state index in [-0.39, 0.29) is 5.91 Å². The molecule has 4 nitrogen and oxygen atoms in total. The van der Waals surface area contributed by atoms with Gasteiger partial charge >= 0.3 is 0 Å². The van der Waals surface area contributed by atoms with Crippen molar-refractivity contribution >= 4 is 17.5 Å². The van der Waals surface area contributed by atoms with Gasteiger partial charge in [0.05, 0.1) is 11.8 Å². The minimum absolute atomic E-state index is 0.0415. The number of aromatic nitrogens is 2. The van der Waals surface area contributed by atoms with Gasteiger partial charge in [-0.25, -0.2) is 0 Å². The quantitative estimate of drug-likeness (QED) is 0.825. The van der Waals surface area contributed by atoms with E-state index in [9.17, 15) is 4.79 Å². The monoisotopic (exact) mass is 269 g/mol. The van der Waals surface area contributed by atoms with Gasteiger partial charge in [-0.05, 0) is 31.6 Å². The molecule has 2 atom stereocenters. The number of hydrogen-bond acceptors (Lipinski definition) is 2. The first-order chi connectivity index (χ1) is 8.72. The molecule has 0 spiro atoms. The Morgan fingerprint density at radius 3 is 2.83 bits per heavy atom. The normalized spacial score (nSPS) is 23.9. The second-order valence-corrected chi connectivity index (χ2v) is 5.39. The van der Waals surface area contributed by atoms with Crippen LogP contribution in [0.3, 0.4) is 0 Å². The number of aromatic amines is 1. The smallest absolute Gasteiger partial charge is 0.254 e. The van der Waals surface area contributed by atoms with Crippen molar-refractivity contribution in [2.24, 2.45) is 11.8 Å². The summed E-state index contributed by atoms with van der Waals surface area (Å²) in [5.41, 5.74) is 1.44. The highest BCUT2D eigenvalue weighted by Crippen LogP contribution is 2.30. The lowest BCUT2D eigenvalue weighted by Gasteiger charge is -2.30. The Labute approximate surface area is 112 Å². The van der Waals surface area contributed by atoms with Gasteiger partial charge in [-0.2, -0.15) is 5.10 Å². The van der Waals surface area contributed by atoms with Crippen molar-refractivity contribution in [2.75, 3.05) is 12.4 Å². The molecule has 1 aromatic rings. The molecule has 1 saturated carbocycles. The lowest BCUT2D eigenvalue weighted by molar-refractivity contribution is 0.0936. The van der Waals surface area contributed by atoms with Gasteiger partial charge in [0.2, 0.25) is 0 Å². The number of amides is 1. The van der Waals surface area contributed by atoms with Crippen LogP contribution in [0.2, 0.25) is 0 Å². The van der Waals surface area contributed by atoms with Crippen molar-refractivity contribution in [2.45, 2.75) is 32.6 Å². The molecule has 0 saturated heterocycles. The van der Waals surface area contributed by atoms with Crippen LogP contribution in [0.25, 0.3) is 0 Å². The molecule has 1 heterocycles. The first-order valence-corrected chi connectivity index (χ1v) is 7.10. The molecule has 5 heteroatoms. The van der Waals surface area contributed by atoms with Crippen LogP contribution in [-0.2, 0) is 0 Å². The average Bonchev–Trinajstić information content (AvgIpc) is 2.82. The molecule has 1 amide bonds. The topological polar surface area (TPSA) is 57.8 Å². The van der Waals surface area contributed by atoms with Crippen LogP contribution in [0.15, 0.2) is 6.20 Å². The van der Waals surface area contributed by atoms with E-state index >= 15 is 0 Å². The van der Waals surface area contributed by atoms with Crippen LogP contribution in [0.4, 0.5) is 0 Å². The molecule has 0 aromatic carbocycles. The average molecular weight is 270 g/mol. The minimum Gasteiger partial charge on any atom is -0.352 e. The third-order valence-electron chi connectivity index (χ3n) is 3.86. The first-order valence-electron chi connectivity index (χ1n) is 6.56. The fraction of sp³-hybridized carbons (Fsp3) is 0.692. The Kier molecular flexibility index (Phi) is 4.64. The summed E-state index contributed by atoms with van der Waals surface area (Å²) in [4.78, 5) is 12.0. The predicted octanol–water partition coefficient (Wildman–Crippen LogP) is 2.49. The Hall–Kier alpha value is -1.03. The summed E-state index contributed by atoms with van der Waals surface area (Å²) in [5, 5.41) is 9.64. The van der Waals surface area contributed by atoms with Crippen LogP contribution in [0.5, 0.6) is 0 Å². The van der Waals surface area contributed by atoms with Crippen molar-refractivity contribution in [1.29, 1.82) is 0 Å². The van der Waals surface area contributed by atoms with E-state index in [1.54, 1.807) is 6.20 Å². The molecule has 0 aliphatic heterocycles. The third-order valence-corrected chi connectivity index (χ3v) is 4.26. The molecule has 100 valence electrons. The second-order valence-electron chi connectivity index (χ2n) is 5.08. The van der Waals surface area contributed by atoms with E-state index in [0.717, 1.165) is 12.2 Å². The maximum Gasteiger partial charge on any atom is 0.254 e. The van der Waals surface area contributed by atoms with Crippen LogP contribution in [-0.4, -0.2) is 28.5 Å². The van der Waals surface area contributed by atoms with Gasteiger partial charge < -0.3 is 5.32 Å². The van der Waals surface area contributed by atoms with Gasteiger partial charge in [0.1, 0.15) is 0 Å². The predicted molar refractivity (Wildman–Crippen MR) is 71.8 cm³/mol. The maximum atomic E-state index is 12.0. The van der Waals surface area contributed by atoms with E-state index < -0.39 is 0 Å². The number of nitrogens with one attached hydrogen (secondary N) is 2. The van der Waals surface area contributed by atoms with Crippen molar-refractivity contribution in [3.8, 4) is 0 Å². The van der Waals surface area contributed by atoms with Gasteiger partial charge in [0.15, 0.2) is 0 Å².